The molecule has 0 spiro atoms. The highest BCUT2D eigenvalue weighted by Gasteiger charge is 2.43. The maximum Gasteiger partial charge on any atom is 0.547 e. The van der Waals surface area contributed by atoms with E-state index in [1.807, 2.05) is 0 Å². The molecule has 4 rings (SSSR count). The van der Waals surface area contributed by atoms with Crippen molar-refractivity contribution in [2.45, 2.75) is 44.6 Å². The summed E-state index contributed by atoms with van der Waals surface area (Å²) in [5, 5.41) is 55.5. The largest absolute Gasteiger partial charge is 0.547 e. The van der Waals surface area contributed by atoms with Gasteiger partial charge in [-0.05, 0) is 38.0 Å². The van der Waals surface area contributed by atoms with Gasteiger partial charge < -0.3 is 40.3 Å². The van der Waals surface area contributed by atoms with Gasteiger partial charge in [-0.25, -0.2) is 9.18 Å². The van der Waals surface area contributed by atoms with Crippen molar-refractivity contribution in [3.05, 3.63) is 51.8 Å². The number of aromatic hydroxyl groups is 2. The standard InChI is InChI=1S/C25H27BClFN4O10/c1-3-31-9-10(2)32(23(37)22(31)36)25(40)30-18(12-5-7-14(33)19(34)17(12)27)21(35)29-15-8-11-4-6-13(28)16(24(38)39)20(11)42-26(15)41/h4-7,10,15,18,25,30,33-34,40-41H,3,8-9H2,1-2H3,(H,29,35)(H,38,39)/t10-,15-,18?,25?/m0/s1. The van der Waals surface area contributed by atoms with Gasteiger partial charge in [0.25, 0.3) is 0 Å². The topological polar surface area (TPSA) is 209 Å². The number of fused-ring (bicyclic) bond motifs is 1. The number of likely N-dealkylation sites (N-methyl/N-ethyl adjacent to an activating group) is 1. The van der Waals surface area contributed by atoms with E-state index < -0.39 is 88.8 Å². The molecule has 0 aliphatic carbocycles. The molecule has 4 atom stereocenters. The summed E-state index contributed by atoms with van der Waals surface area (Å²) in [6.45, 7) is 3.62. The Morgan fingerprint density at radius 1 is 1.21 bits per heavy atom. The molecule has 0 radical (unpaired) electrons. The van der Waals surface area contributed by atoms with Crippen LogP contribution in [0.5, 0.6) is 17.2 Å². The first kappa shape index (κ1) is 30.8. The average Bonchev–Trinajstić information content (AvgIpc) is 2.93. The average molecular weight is 609 g/mol. The van der Waals surface area contributed by atoms with Crippen LogP contribution in [0.3, 0.4) is 0 Å². The maximum atomic E-state index is 14.1. The fourth-order valence-corrected chi connectivity index (χ4v) is 5.18. The molecule has 7 N–H and O–H groups in total. The number of phenolic OH excluding ortho intramolecular Hbond substituents is 2. The van der Waals surface area contributed by atoms with Gasteiger partial charge in [0.15, 0.2) is 17.9 Å². The number of carboxylic acids is 1. The minimum Gasteiger partial charge on any atom is -0.534 e. The normalized spacial score (nSPS) is 20.1. The number of rotatable bonds is 8. The predicted molar refractivity (Wildman–Crippen MR) is 143 cm³/mol. The highest BCUT2D eigenvalue weighted by atomic mass is 35.5. The molecule has 14 nitrogen and oxygen atoms in total. The number of phenols is 2. The van der Waals surface area contributed by atoms with Gasteiger partial charge in [0.1, 0.15) is 23.2 Å². The van der Waals surface area contributed by atoms with Crippen LogP contribution in [0.25, 0.3) is 0 Å². The second kappa shape index (κ2) is 12.0. The van der Waals surface area contributed by atoms with Crippen molar-refractivity contribution in [1.82, 2.24) is 20.4 Å². The van der Waals surface area contributed by atoms with Gasteiger partial charge >= 0.3 is 24.9 Å². The molecule has 2 aromatic rings. The van der Waals surface area contributed by atoms with Gasteiger partial charge in [0, 0.05) is 18.7 Å². The van der Waals surface area contributed by atoms with Crippen LogP contribution in [0.1, 0.15) is 41.4 Å². The molecule has 3 amide bonds. The number of nitrogens with zero attached hydrogens (tertiary/aromatic N) is 2. The summed E-state index contributed by atoms with van der Waals surface area (Å²) in [4.78, 5) is 52.5. The molecule has 42 heavy (non-hydrogen) atoms. The Balaban J connectivity index is 1.64. The molecule has 1 fully saturated rings. The van der Waals surface area contributed by atoms with Crippen LogP contribution in [-0.2, 0) is 20.8 Å². The number of hydrogen-bond donors (Lipinski definition) is 7. The number of hydrogen-bond acceptors (Lipinski definition) is 10. The number of aliphatic hydroxyl groups excluding tert-OH is 1. The number of benzene rings is 2. The van der Waals surface area contributed by atoms with Crippen molar-refractivity contribution in [1.29, 1.82) is 0 Å². The van der Waals surface area contributed by atoms with Gasteiger partial charge in [-0.15, -0.1) is 0 Å². The molecular formula is C25H27BClFN4O10. The first-order valence-electron chi connectivity index (χ1n) is 12.7. The molecule has 2 heterocycles. The number of nitrogens with one attached hydrogen (secondary N) is 2. The minimum absolute atomic E-state index is 0.0986. The Kier molecular flexibility index (Phi) is 8.82. The lowest BCUT2D eigenvalue weighted by Gasteiger charge is -2.41. The van der Waals surface area contributed by atoms with Gasteiger partial charge in [-0.3, -0.25) is 24.6 Å². The maximum absolute atomic E-state index is 14.1. The van der Waals surface area contributed by atoms with Crippen LogP contribution in [0.2, 0.25) is 5.02 Å². The van der Waals surface area contributed by atoms with E-state index in [1.165, 1.54) is 11.0 Å². The van der Waals surface area contributed by atoms with Crippen molar-refractivity contribution in [3.8, 4) is 17.2 Å². The molecule has 0 aromatic heterocycles. The van der Waals surface area contributed by atoms with Crippen molar-refractivity contribution >= 4 is 42.4 Å². The molecule has 1 saturated heterocycles. The van der Waals surface area contributed by atoms with E-state index in [0.29, 0.717) is 0 Å². The lowest BCUT2D eigenvalue weighted by atomic mass is 9.72. The highest BCUT2D eigenvalue weighted by molar-refractivity contribution is 6.47. The van der Waals surface area contributed by atoms with E-state index in [1.54, 1.807) is 13.8 Å². The zero-order valence-electron chi connectivity index (χ0n) is 22.2. The summed E-state index contributed by atoms with van der Waals surface area (Å²) in [6, 6.07) is 1.99. The Morgan fingerprint density at radius 3 is 2.55 bits per heavy atom. The van der Waals surface area contributed by atoms with Crippen LogP contribution in [0.15, 0.2) is 24.3 Å². The van der Waals surface area contributed by atoms with Crippen LogP contribution in [0.4, 0.5) is 4.39 Å². The molecule has 2 aromatic carbocycles. The first-order valence-corrected chi connectivity index (χ1v) is 13.1. The number of piperazine rings is 1. The zero-order valence-corrected chi connectivity index (χ0v) is 23.0. The van der Waals surface area contributed by atoms with E-state index in [0.717, 1.165) is 23.1 Å². The fourth-order valence-electron chi connectivity index (χ4n) is 4.91. The molecule has 2 aliphatic rings. The monoisotopic (exact) mass is 608 g/mol. The third kappa shape index (κ3) is 5.65. The summed E-state index contributed by atoms with van der Waals surface area (Å²) in [5.41, 5.74) is -0.785. The lowest BCUT2D eigenvalue weighted by Crippen LogP contribution is -2.65. The van der Waals surface area contributed by atoms with Crippen molar-refractivity contribution in [2.75, 3.05) is 13.1 Å². The molecule has 0 bridgehead atoms. The first-order chi connectivity index (χ1) is 19.8. The predicted octanol–water partition coefficient (Wildman–Crippen LogP) is -0.286. The SMILES string of the molecule is CCN1C[C@H](C)N(C(O)NC(C(=O)N[C@H]2Cc3ccc(F)c(C(=O)O)c3OB2O)c2ccc(O)c(O)c2Cl)C(=O)C1=O. The molecule has 2 aliphatic heterocycles. The second-order valence-electron chi connectivity index (χ2n) is 9.76. The summed E-state index contributed by atoms with van der Waals surface area (Å²) in [7, 11) is -1.84. The molecule has 2 unspecified atom stereocenters. The van der Waals surface area contributed by atoms with E-state index in [9.17, 15) is 49.0 Å². The number of aliphatic hydroxyl groups is 1. The van der Waals surface area contributed by atoms with Gasteiger partial charge in [-0.2, -0.15) is 0 Å². The number of aromatic carboxylic acids is 1. The van der Waals surface area contributed by atoms with E-state index in [4.69, 9.17) is 16.3 Å². The van der Waals surface area contributed by atoms with E-state index in [2.05, 4.69) is 10.6 Å². The van der Waals surface area contributed by atoms with Crippen LogP contribution in [-0.4, -0.2) is 97.5 Å². The van der Waals surface area contributed by atoms with Crippen molar-refractivity contribution in [3.63, 3.8) is 0 Å². The smallest absolute Gasteiger partial charge is 0.534 e. The number of halogens is 2. The second-order valence-corrected chi connectivity index (χ2v) is 10.1. The summed E-state index contributed by atoms with van der Waals surface area (Å²) in [5.74, 6) is -8.60. The molecule has 0 saturated carbocycles. The van der Waals surface area contributed by atoms with Crippen LogP contribution >= 0.6 is 11.6 Å². The number of carbonyl (C=O) groups is 4. The van der Waals surface area contributed by atoms with Crippen molar-refractivity contribution < 1.29 is 53.7 Å². The van der Waals surface area contributed by atoms with Gasteiger partial charge in [0.2, 0.25) is 5.91 Å². The van der Waals surface area contributed by atoms with Crippen LogP contribution in [0, 0.1) is 5.82 Å². The summed E-state index contributed by atoms with van der Waals surface area (Å²) in [6.07, 6.45) is -2.12. The molecular weight excluding hydrogens is 582 g/mol. The van der Waals surface area contributed by atoms with Gasteiger partial charge in [0.05, 0.1) is 17.0 Å². The Hall–Kier alpha value is -4.12. The fraction of sp³-hybridized carbons (Fsp3) is 0.360. The van der Waals surface area contributed by atoms with E-state index >= 15 is 0 Å². The lowest BCUT2D eigenvalue weighted by molar-refractivity contribution is -0.170. The third-order valence-electron chi connectivity index (χ3n) is 7.08. The number of amides is 3. The van der Waals surface area contributed by atoms with E-state index in [-0.39, 0.29) is 30.6 Å². The Labute approximate surface area is 243 Å². The number of carbonyl (C=O) groups excluding carboxylic acids is 3. The third-order valence-corrected chi connectivity index (χ3v) is 7.47. The molecule has 17 heteroatoms. The Morgan fingerprint density at radius 2 is 1.90 bits per heavy atom. The molecule has 224 valence electrons. The Bertz CT molecular complexity index is 1450. The quantitative estimate of drug-likeness (QED) is 0.0896. The minimum atomic E-state index is -1.92. The van der Waals surface area contributed by atoms with Gasteiger partial charge in [-0.1, -0.05) is 23.7 Å². The highest BCUT2D eigenvalue weighted by Crippen LogP contribution is 2.39. The van der Waals surface area contributed by atoms with Crippen LogP contribution < -0.4 is 15.3 Å². The number of carboxylic acid groups (broad SMARTS) is 1. The van der Waals surface area contributed by atoms with Crippen molar-refractivity contribution in [2.24, 2.45) is 0 Å². The summed E-state index contributed by atoms with van der Waals surface area (Å²) < 4.78 is 19.4. The zero-order chi connectivity index (χ0) is 31.0. The summed E-state index contributed by atoms with van der Waals surface area (Å²) >= 11 is 6.21.